The molecule has 2 aromatic rings. The second-order valence-corrected chi connectivity index (χ2v) is 4.64. The van der Waals surface area contributed by atoms with Crippen molar-refractivity contribution in [2.45, 2.75) is 0 Å². The van der Waals surface area contributed by atoms with E-state index in [0.29, 0.717) is 14.2 Å². The first-order chi connectivity index (χ1) is 8.74. The highest BCUT2D eigenvalue weighted by molar-refractivity contribution is 8.00. The zero-order valence-electron chi connectivity index (χ0n) is 9.79. The molecule has 0 N–H and O–H groups in total. The van der Waals surface area contributed by atoms with Gasteiger partial charge < -0.3 is 9.26 Å². The summed E-state index contributed by atoms with van der Waals surface area (Å²) in [5.74, 6) is 1.34. The SMILES string of the molecule is COc1ccn(-c2ccc(OPP)cc2)c(=O)c1. The minimum atomic E-state index is -0.129. The minimum Gasteiger partial charge on any atom is -0.497 e. The van der Waals surface area contributed by atoms with Crippen LogP contribution in [0.5, 0.6) is 11.5 Å². The Morgan fingerprint density at radius 1 is 1.17 bits per heavy atom. The highest BCUT2D eigenvalue weighted by Gasteiger charge is 2.01. The van der Waals surface area contributed by atoms with Gasteiger partial charge in [-0.25, -0.2) is 0 Å². The van der Waals surface area contributed by atoms with Crippen LogP contribution in [-0.2, 0) is 0 Å². The summed E-state index contributed by atoms with van der Waals surface area (Å²) in [6.07, 6.45) is 1.69. The molecule has 1 aromatic heterocycles. The number of nitrogens with zero attached hydrogens (tertiary/aromatic N) is 1. The Kier molecular flexibility index (Phi) is 4.35. The summed E-state index contributed by atoms with van der Waals surface area (Å²) in [6, 6.07) is 10.6. The normalized spacial score (nSPS) is 10.8. The van der Waals surface area contributed by atoms with E-state index in [2.05, 4.69) is 8.93 Å². The van der Waals surface area contributed by atoms with Crippen LogP contribution in [0, 0.1) is 0 Å². The predicted octanol–water partition coefficient (Wildman–Crippen LogP) is 2.61. The second kappa shape index (κ2) is 5.99. The Hall–Kier alpha value is -1.37. The van der Waals surface area contributed by atoms with E-state index in [1.807, 2.05) is 24.3 Å². The van der Waals surface area contributed by atoms with Crippen molar-refractivity contribution in [3.8, 4) is 17.2 Å². The van der Waals surface area contributed by atoms with Crippen LogP contribution in [0.4, 0.5) is 0 Å². The molecule has 4 nitrogen and oxygen atoms in total. The van der Waals surface area contributed by atoms with Gasteiger partial charge in [-0.05, 0) is 30.3 Å². The summed E-state index contributed by atoms with van der Waals surface area (Å²) in [6.45, 7) is 0. The largest absolute Gasteiger partial charge is 0.497 e. The first-order valence-electron chi connectivity index (χ1n) is 5.24. The van der Waals surface area contributed by atoms with Crippen LogP contribution in [-0.4, -0.2) is 11.7 Å². The molecular weight excluding hydrogens is 268 g/mol. The van der Waals surface area contributed by atoms with Crippen molar-refractivity contribution >= 4 is 17.4 Å². The number of ether oxygens (including phenoxy) is 1. The van der Waals surface area contributed by atoms with Crippen LogP contribution in [0.1, 0.15) is 0 Å². The van der Waals surface area contributed by atoms with Gasteiger partial charge in [-0.2, -0.15) is 0 Å². The highest BCUT2D eigenvalue weighted by Crippen LogP contribution is 2.26. The first kappa shape index (κ1) is 13.1. The van der Waals surface area contributed by atoms with Gasteiger partial charge in [-0.15, -0.1) is 0 Å². The molecule has 18 heavy (non-hydrogen) atoms. The maximum atomic E-state index is 11.9. The van der Waals surface area contributed by atoms with Crippen LogP contribution in [0.3, 0.4) is 0 Å². The van der Waals surface area contributed by atoms with Crippen molar-refractivity contribution in [2.24, 2.45) is 0 Å². The van der Waals surface area contributed by atoms with Crippen LogP contribution in [0.15, 0.2) is 47.4 Å². The van der Waals surface area contributed by atoms with Crippen molar-refractivity contribution in [3.63, 3.8) is 0 Å². The van der Waals surface area contributed by atoms with E-state index >= 15 is 0 Å². The Bertz CT molecular complexity index is 581. The van der Waals surface area contributed by atoms with Crippen LogP contribution in [0.25, 0.3) is 5.69 Å². The molecule has 1 aromatic carbocycles. The van der Waals surface area contributed by atoms with E-state index in [1.165, 1.54) is 13.2 Å². The lowest BCUT2D eigenvalue weighted by Gasteiger charge is -2.08. The van der Waals surface area contributed by atoms with Crippen LogP contribution < -0.4 is 14.8 Å². The number of methoxy groups -OCH3 is 1. The number of pyridine rings is 1. The molecule has 0 saturated heterocycles. The molecule has 94 valence electrons. The number of hydrogen-bond donors (Lipinski definition) is 0. The predicted molar refractivity (Wildman–Crippen MR) is 77.2 cm³/mol. The molecular formula is C12H13NO3P2. The number of hydrogen-bond acceptors (Lipinski definition) is 3. The van der Waals surface area contributed by atoms with Gasteiger partial charge in [-0.3, -0.25) is 9.36 Å². The monoisotopic (exact) mass is 281 g/mol. The third kappa shape index (κ3) is 2.90. The quantitative estimate of drug-likeness (QED) is 0.809. The molecule has 0 aliphatic heterocycles. The van der Waals surface area contributed by atoms with Gasteiger partial charge >= 0.3 is 0 Å². The van der Waals surface area contributed by atoms with E-state index in [9.17, 15) is 4.79 Å². The summed E-state index contributed by atoms with van der Waals surface area (Å²) in [4.78, 5) is 11.9. The molecule has 0 fully saturated rings. The summed E-state index contributed by atoms with van der Waals surface area (Å²) in [7, 11) is 4.38. The fourth-order valence-corrected chi connectivity index (χ4v) is 2.22. The Balaban J connectivity index is 2.34. The molecule has 0 spiro atoms. The van der Waals surface area contributed by atoms with Crippen LogP contribution >= 0.6 is 17.4 Å². The summed E-state index contributed by atoms with van der Waals surface area (Å²) in [5, 5.41) is 0. The van der Waals surface area contributed by atoms with Gasteiger partial charge in [-0.1, -0.05) is 8.93 Å². The third-order valence-corrected chi connectivity index (χ3v) is 3.13. The average Bonchev–Trinajstić information content (AvgIpc) is 2.40. The van der Waals surface area contributed by atoms with E-state index in [4.69, 9.17) is 9.26 Å². The molecule has 0 amide bonds. The lowest BCUT2D eigenvalue weighted by molar-refractivity contribution is 0.413. The number of rotatable bonds is 4. The maximum Gasteiger partial charge on any atom is 0.258 e. The van der Waals surface area contributed by atoms with Crippen molar-refractivity contribution in [3.05, 3.63) is 52.9 Å². The zero-order chi connectivity index (χ0) is 13.0. The molecule has 2 atom stereocenters. The van der Waals surface area contributed by atoms with E-state index < -0.39 is 0 Å². The lowest BCUT2D eigenvalue weighted by atomic mass is 10.3. The molecule has 2 unspecified atom stereocenters. The molecule has 0 radical (unpaired) electrons. The van der Waals surface area contributed by atoms with Gasteiger partial charge in [0.25, 0.3) is 5.56 Å². The number of benzene rings is 1. The van der Waals surface area contributed by atoms with Crippen molar-refractivity contribution in [1.82, 2.24) is 4.57 Å². The van der Waals surface area contributed by atoms with Crippen LogP contribution in [0.2, 0.25) is 0 Å². The van der Waals surface area contributed by atoms with Crippen molar-refractivity contribution < 1.29 is 9.26 Å². The van der Waals surface area contributed by atoms with Gasteiger partial charge in [0, 0.05) is 18.0 Å². The topological polar surface area (TPSA) is 40.5 Å². The average molecular weight is 281 g/mol. The van der Waals surface area contributed by atoms with E-state index in [1.54, 1.807) is 16.8 Å². The molecule has 1 heterocycles. The molecule has 2 rings (SSSR count). The molecule has 6 heteroatoms. The minimum absolute atomic E-state index is 0.129. The fourth-order valence-electron chi connectivity index (χ4n) is 1.54. The summed E-state index contributed by atoms with van der Waals surface area (Å²) < 4.78 is 11.9. The Morgan fingerprint density at radius 2 is 1.89 bits per heavy atom. The Labute approximate surface area is 109 Å². The third-order valence-electron chi connectivity index (χ3n) is 2.42. The van der Waals surface area contributed by atoms with Gasteiger partial charge in [0.05, 0.1) is 15.6 Å². The molecule has 0 aliphatic carbocycles. The van der Waals surface area contributed by atoms with Gasteiger partial charge in [0.1, 0.15) is 11.5 Å². The molecule has 0 aliphatic rings. The fraction of sp³-hybridized carbons (Fsp3) is 0.0833. The summed E-state index contributed by atoms with van der Waals surface area (Å²) in [5.41, 5.74) is 0.665. The summed E-state index contributed by atoms with van der Waals surface area (Å²) >= 11 is 0. The molecule has 0 bridgehead atoms. The Morgan fingerprint density at radius 3 is 2.44 bits per heavy atom. The zero-order valence-corrected chi connectivity index (χ0v) is 11.9. The highest BCUT2D eigenvalue weighted by atomic mass is 32.0. The van der Waals surface area contributed by atoms with E-state index in [0.717, 1.165) is 11.4 Å². The second-order valence-electron chi connectivity index (χ2n) is 3.49. The van der Waals surface area contributed by atoms with Crippen molar-refractivity contribution in [2.75, 3.05) is 7.11 Å². The lowest BCUT2D eigenvalue weighted by Crippen LogP contribution is -2.16. The first-order valence-corrected chi connectivity index (χ1v) is 7.96. The smallest absolute Gasteiger partial charge is 0.258 e. The van der Waals surface area contributed by atoms with Crippen molar-refractivity contribution in [1.29, 1.82) is 0 Å². The number of aromatic nitrogens is 1. The van der Waals surface area contributed by atoms with Gasteiger partial charge in [0.2, 0.25) is 0 Å². The van der Waals surface area contributed by atoms with E-state index in [-0.39, 0.29) is 5.56 Å². The molecule has 0 saturated carbocycles. The van der Waals surface area contributed by atoms with Gasteiger partial charge in [0.15, 0.2) is 0 Å². The standard InChI is InChI=1S/C12H13NO3P2/c1-15-11-6-7-13(12(14)8-11)9-2-4-10(5-3-9)16-18-17/h2-8,18H,17H2,1H3. The maximum absolute atomic E-state index is 11.9.